The van der Waals surface area contributed by atoms with Gasteiger partial charge in [-0.25, -0.2) is 9.18 Å². The Kier molecular flexibility index (Phi) is 7.25. The molecule has 2 aromatic rings. The van der Waals surface area contributed by atoms with Crippen LogP contribution in [0.1, 0.15) is 66.9 Å². The summed E-state index contributed by atoms with van der Waals surface area (Å²) in [6, 6.07) is 10.9. The Bertz CT molecular complexity index is 1120. The van der Waals surface area contributed by atoms with Crippen molar-refractivity contribution >= 4 is 12.0 Å². The normalized spacial score (nSPS) is 23.7. The van der Waals surface area contributed by atoms with Crippen molar-refractivity contribution in [3.63, 3.8) is 0 Å². The SMILES string of the molecule is CC(O)(c1ccc(C(=O)N(C2CC2)C2CCC(COC(N)=O)(c3ccc(F)cc3)CC2)cc1)C(F)(F)F. The van der Waals surface area contributed by atoms with E-state index in [0.717, 1.165) is 30.5 Å². The molecule has 200 valence electrons. The predicted octanol–water partition coefficient (Wildman–Crippen LogP) is 5.18. The number of halogens is 4. The number of ether oxygens (including phenoxy) is 1. The monoisotopic (exact) mass is 522 g/mol. The molecule has 37 heavy (non-hydrogen) atoms. The van der Waals surface area contributed by atoms with Gasteiger partial charge in [-0.05, 0) is 80.8 Å². The third-order valence-electron chi connectivity index (χ3n) is 7.67. The number of primary amides is 1. The van der Waals surface area contributed by atoms with Gasteiger partial charge in [0.25, 0.3) is 5.91 Å². The number of rotatable bonds is 7. The highest BCUT2D eigenvalue weighted by Crippen LogP contribution is 2.44. The molecule has 2 saturated carbocycles. The van der Waals surface area contributed by atoms with E-state index in [1.165, 1.54) is 24.3 Å². The number of nitrogens with zero attached hydrogens (tertiary/aromatic N) is 1. The summed E-state index contributed by atoms with van der Waals surface area (Å²) in [4.78, 5) is 26.6. The van der Waals surface area contributed by atoms with E-state index >= 15 is 0 Å². The smallest absolute Gasteiger partial charge is 0.421 e. The molecule has 6 nitrogen and oxygen atoms in total. The Morgan fingerprint density at radius 1 is 1.00 bits per heavy atom. The first-order valence-corrected chi connectivity index (χ1v) is 12.2. The number of nitrogens with two attached hydrogens (primary N) is 1. The second kappa shape index (κ2) is 9.96. The van der Waals surface area contributed by atoms with Crippen LogP contribution in [0.2, 0.25) is 0 Å². The first-order valence-electron chi connectivity index (χ1n) is 12.2. The van der Waals surface area contributed by atoms with Gasteiger partial charge in [0, 0.05) is 23.1 Å². The van der Waals surface area contributed by atoms with Crippen LogP contribution in [-0.2, 0) is 15.8 Å². The molecule has 1 atom stereocenters. The molecule has 2 aliphatic rings. The van der Waals surface area contributed by atoms with Gasteiger partial charge in [0.05, 0.1) is 0 Å². The Morgan fingerprint density at radius 3 is 2.03 bits per heavy atom. The van der Waals surface area contributed by atoms with Gasteiger partial charge in [0.2, 0.25) is 0 Å². The second-order valence-corrected chi connectivity index (χ2v) is 10.2. The Hall–Kier alpha value is -3.14. The summed E-state index contributed by atoms with van der Waals surface area (Å²) in [5.74, 6) is -0.648. The van der Waals surface area contributed by atoms with Crippen LogP contribution >= 0.6 is 0 Å². The number of benzene rings is 2. The van der Waals surface area contributed by atoms with E-state index in [-0.39, 0.29) is 41.5 Å². The lowest BCUT2D eigenvalue weighted by Crippen LogP contribution is -2.48. The standard InChI is InChI=1S/C27H30F4N2O4/c1-25(36,27(29,30)31)18-4-2-17(3-5-18)23(34)33(21-10-11-21)22-12-14-26(15-13-22,16-37-24(32)35)19-6-8-20(28)9-7-19/h2-9,21-22,36H,10-16H2,1H3,(H2,32,35). The van der Waals surface area contributed by atoms with Gasteiger partial charge in [-0.3, -0.25) is 4.79 Å². The first kappa shape index (κ1) is 26.9. The maximum Gasteiger partial charge on any atom is 0.421 e. The molecule has 0 saturated heterocycles. The summed E-state index contributed by atoms with van der Waals surface area (Å²) >= 11 is 0. The zero-order valence-corrected chi connectivity index (χ0v) is 20.4. The maximum atomic E-state index is 13.5. The number of hydrogen-bond donors (Lipinski definition) is 2. The fourth-order valence-electron chi connectivity index (χ4n) is 5.19. The summed E-state index contributed by atoms with van der Waals surface area (Å²) < 4.78 is 58.3. The van der Waals surface area contributed by atoms with Gasteiger partial charge in [0.1, 0.15) is 12.4 Å². The fraction of sp³-hybridized carbons (Fsp3) is 0.481. The van der Waals surface area contributed by atoms with Gasteiger partial charge in [-0.1, -0.05) is 24.3 Å². The van der Waals surface area contributed by atoms with Crippen molar-refractivity contribution in [3.05, 3.63) is 71.0 Å². The van der Waals surface area contributed by atoms with E-state index in [4.69, 9.17) is 10.5 Å². The molecule has 0 bridgehead atoms. The van der Waals surface area contributed by atoms with E-state index in [9.17, 15) is 32.3 Å². The predicted molar refractivity (Wildman–Crippen MR) is 127 cm³/mol. The lowest BCUT2D eigenvalue weighted by atomic mass is 9.68. The molecule has 0 heterocycles. The summed E-state index contributed by atoms with van der Waals surface area (Å²) in [6.07, 6.45) is -1.72. The highest BCUT2D eigenvalue weighted by atomic mass is 19.4. The maximum absolute atomic E-state index is 13.5. The lowest BCUT2D eigenvalue weighted by Gasteiger charge is -2.43. The van der Waals surface area contributed by atoms with Crippen LogP contribution in [0.4, 0.5) is 22.4 Å². The van der Waals surface area contributed by atoms with Crippen LogP contribution in [0.25, 0.3) is 0 Å². The van der Waals surface area contributed by atoms with E-state index in [2.05, 4.69) is 0 Å². The summed E-state index contributed by atoms with van der Waals surface area (Å²) in [5, 5.41) is 9.92. The van der Waals surface area contributed by atoms with E-state index in [1.54, 1.807) is 12.1 Å². The minimum absolute atomic E-state index is 0.0403. The van der Waals surface area contributed by atoms with Crippen molar-refractivity contribution in [1.82, 2.24) is 4.90 Å². The van der Waals surface area contributed by atoms with Gasteiger partial charge in [-0.2, -0.15) is 13.2 Å². The molecule has 10 heteroatoms. The van der Waals surface area contributed by atoms with Gasteiger partial charge in [0.15, 0.2) is 5.60 Å². The number of carbonyl (C=O) groups is 2. The quantitative estimate of drug-likeness (QED) is 0.491. The lowest BCUT2D eigenvalue weighted by molar-refractivity contribution is -0.258. The number of aliphatic hydroxyl groups is 1. The van der Waals surface area contributed by atoms with Crippen LogP contribution in [-0.4, -0.2) is 46.9 Å². The van der Waals surface area contributed by atoms with Crippen LogP contribution < -0.4 is 5.73 Å². The second-order valence-electron chi connectivity index (χ2n) is 10.2. The van der Waals surface area contributed by atoms with Crippen molar-refractivity contribution in [2.45, 2.75) is 74.7 Å². The zero-order chi connectivity index (χ0) is 27.0. The number of hydrogen-bond acceptors (Lipinski definition) is 4. The molecule has 3 N–H and O–H groups in total. The zero-order valence-electron chi connectivity index (χ0n) is 20.4. The van der Waals surface area contributed by atoms with Gasteiger partial charge >= 0.3 is 12.3 Å². The minimum Gasteiger partial charge on any atom is -0.449 e. The van der Waals surface area contributed by atoms with Crippen LogP contribution in [0.5, 0.6) is 0 Å². The summed E-state index contributed by atoms with van der Waals surface area (Å²) in [7, 11) is 0. The van der Waals surface area contributed by atoms with Crippen molar-refractivity contribution < 1.29 is 37.0 Å². The van der Waals surface area contributed by atoms with Crippen LogP contribution in [0.3, 0.4) is 0 Å². The molecular formula is C27H30F4N2O4. The highest BCUT2D eigenvalue weighted by Gasteiger charge is 2.51. The number of carbonyl (C=O) groups excluding carboxylic acids is 2. The topological polar surface area (TPSA) is 92.9 Å². The molecule has 2 amide bonds. The molecule has 2 fully saturated rings. The van der Waals surface area contributed by atoms with Crippen molar-refractivity contribution in [2.75, 3.05) is 6.61 Å². The average molecular weight is 523 g/mol. The molecule has 2 aromatic carbocycles. The molecular weight excluding hydrogens is 492 g/mol. The Labute approximate surface area is 212 Å². The highest BCUT2D eigenvalue weighted by molar-refractivity contribution is 5.95. The van der Waals surface area contributed by atoms with Crippen molar-refractivity contribution in [2.24, 2.45) is 5.73 Å². The molecule has 4 rings (SSSR count). The Balaban J connectivity index is 1.52. The third-order valence-corrected chi connectivity index (χ3v) is 7.67. The van der Waals surface area contributed by atoms with E-state index in [1.807, 2.05) is 4.90 Å². The molecule has 0 aromatic heterocycles. The Morgan fingerprint density at radius 2 is 1.54 bits per heavy atom. The molecule has 1 unspecified atom stereocenters. The minimum atomic E-state index is -4.85. The number of alkyl halides is 3. The van der Waals surface area contributed by atoms with Crippen molar-refractivity contribution in [1.29, 1.82) is 0 Å². The van der Waals surface area contributed by atoms with Crippen LogP contribution in [0.15, 0.2) is 48.5 Å². The summed E-state index contributed by atoms with van der Waals surface area (Å²) in [5.41, 5.74) is 2.35. The molecule has 0 radical (unpaired) electrons. The largest absolute Gasteiger partial charge is 0.449 e. The molecule has 2 aliphatic carbocycles. The van der Waals surface area contributed by atoms with E-state index < -0.39 is 23.3 Å². The molecule has 0 spiro atoms. The van der Waals surface area contributed by atoms with Crippen molar-refractivity contribution in [3.8, 4) is 0 Å². The fourth-order valence-corrected chi connectivity index (χ4v) is 5.19. The van der Waals surface area contributed by atoms with Gasteiger partial charge in [-0.15, -0.1) is 0 Å². The average Bonchev–Trinajstić information content (AvgIpc) is 3.69. The summed E-state index contributed by atoms with van der Waals surface area (Å²) in [6.45, 7) is 0.719. The number of amides is 2. The third kappa shape index (κ3) is 5.58. The first-order chi connectivity index (χ1) is 17.3. The van der Waals surface area contributed by atoms with Crippen LogP contribution in [0, 0.1) is 5.82 Å². The van der Waals surface area contributed by atoms with Gasteiger partial charge < -0.3 is 20.5 Å². The molecule has 0 aliphatic heterocycles. The van der Waals surface area contributed by atoms with E-state index in [0.29, 0.717) is 32.6 Å².